The molecule has 0 aromatic carbocycles. The smallest absolute Gasteiger partial charge is 0.222 e. The van der Waals surface area contributed by atoms with Crippen molar-refractivity contribution < 1.29 is 0 Å². The molecule has 0 spiro atoms. The normalized spacial score (nSPS) is 12.7. The van der Waals surface area contributed by atoms with Gasteiger partial charge in [-0.25, -0.2) is 9.97 Å². The van der Waals surface area contributed by atoms with Gasteiger partial charge in [-0.3, -0.25) is 4.68 Å². The predicted molar refractivity (Wildman–Crippen MR) is 77.9 cm³/mol. The van der Waals surface area contributed by atoms with Gasteiger partial charge in [0.1, 0.15) is 0 Å². The van der Waals surface area contributed by atoms with Crippen LogP contribution in [0.4, 0.5) is 5.95 Å². The van der Waals surface area contributed by atoms with E-state index in [0.717, 1.165) is 16.6 Å². The van der Waals surface area contributed by atoms with E-state index in [9.17, 15) is 0 Å². The Hall–Kier alpha value is -1.47. The molecule has 1 unspecified atom stereocenters. The second-order valence-corrected chi connectivity index (χ2v) is 5.45. The first-order chi connectivity index (χ1) is 9.06. The number of hydrogen-bond acceptors (Lipinski definition) is 5. The first-order valence-electron chi connectivity index (χ1n) is 5.92. The van der Waals surface area contributed by atoms with Crippen LogP contribution >= 0.6 is 15.9 Å². The lowest BCUT2D eigenvalue weighted by atomic mass is 10.1. The number of hydrogen-bond donors (Lipinski definition) is 1. The highest BCUT2D eigenvalue weighted by Crippen LogP contribution is 2.17. The molecule has 2 aromatic heterocycles. The molecule has 6 nitrogen and oxygen atoms in total. The van der Waals surface area contributed by atoms with Crippen molar-refractivity contribution in [3.8, 4) is 0 Å². The van der Waals surface area contributed by atoms with Gasteiger partial charge < -0.3 is 10.2 Å². The van der Waals surface area contributed by atoms with Crippen molar-refractivity contribution in [2.75, 3.05) is 26.0 Å². The van der Waals surface area contributed by atoms with E-state index in [0.29, 0.717) is 5.95 Å². The van der Waals surface area contributed by atoms with Gasteiger partial charge in [-0.15, -0.1) is 0 Å². The summed E-state index contributed by atoms with van der Waals surface area (Å²) in [5.74, 6) is 0.624. The SMILES string of the molecule is CN(C)C(CNc1ncc(Br)cn1)c1cnn(C)c1. The van der Waals surface area contributed by atoms with Gasteiger partial charge in [0.2, 0.25) is 5.95 Å². The lowest BCUT2D eigenvalue weighted by Crippen LogP contribution is -2.27. The van der Waals surface area contributed by atoms with Crippen LogP contribution in [0.5, 0.6) is 0 Å². The van der Waals surface area contributed by atoms with E-state index in [1.54, 1.807) is 12.4 Å². The topological polar surface area (TPSA) is 58.9 Å². The molecular formula is C12H17BrN6. The molecule has 0 saturated carbocycles. The fourth-order valence-electron chi connectivity index (χ4n) is 1.80. The molecule has 7 heteroatoms. The average molecular weight is 325 g/mol. The molecule has 2 aromatic rings. The number of nitrogens with one attached hydrogen (secondary N) is 1. The summed E-state index contributed by atoms with van der Waals surface area (Å²) < 4.78 is 2.68. The Morgan fingerprint density at radius 2 is 2.00 bits per heavy atom. The molecule has 0 aliphatic rings. The Kier molecular flexibility index (Phi) is 4.49. The van der Waals surface area contributed by atoms with Crippen molar-refractivity contribution in [1.82, 2.24) is 24.6 Å². The maximum absolute atomic E-state index is 4.21. The van der Waals surface area contributed by atoms with Crippen molar-refractivity contribution in [2.45, 2.75) is 6.04 Å². The summed E-state index contributed by atoms with van der Waals surface area (Å²) in [6, 6.07) is 0.223. The monoisotopic (exact) mass is 324 g/mol. The lowest BCUT2D eigenvalue weighted by Gasteiger charge is -2.23. The standard InChI is InChI=1S/C12H17BrN6/c1-18(2)11(9-4-17-19(3)8-9)7-16-12-14-5-10(13)6-15-12/h4-6,8,11H,7H2,1-3H3,(H,14,15,16). The van der Waals surface area contributed by atoms with Gasteiger partial charge in [-0.1, -0.05) is 0 Å². The fourth-order valence-corrected chi connectivity index (χ4v) is 2.01. The minimum Gasteiger partial charge on any atom is -0.352 e. The molecule has 0 saturated heterocycles. The van der Waals surface area contributed by atoms with Crippen molar-refractivity contribution >= 4 is 21.9 Å². The lowest BCUT2D eigenvalue weighted by molar-refractivity contribution is 0.311. The van der Waals surface area contributed by atoms with E-state index in [2.05, 4.69) is 41.2 Å². The molecular weight excluding hydrogens is 308 g/mol. The fraction of sp³-hybridized carbons (Fsp3) is 0.417. The van der Waals surface area contributed by atoms with E-state index in [-0.39, 0.29) is 6.04 Å². The van der Waals surface area contributed by atoms with Crippen LogP contribution in [0.15, 0.2) is 29.3 Å². The second kappa shape index (κ2) is 6.12. The highest BCUT2D eigenvalue weighted by molar-refractivity contribution is 9.10. The summed E-state index contributed by atoms with van der Waals surface area (Å²) in [5, 5.41) is 7.45. The molecule has 102 valence electrons. The minimum absolute atomic E-state index is 0.223. The number of aryl methyl sites for hydroxylation is 1. The Balaban J connectivity index is 2.03. The third-order valence-electron chi connectivity index (χ3n) is 2.81. The summed E-state index contributed by atoms with van der Waals surface area (Å²) in [6.45, 7) is 0.723. The molecule has 0 radical (unpaired) electrons. The highest BCUT2D eigenvalue weighted by Gasteiger charge is 2.15. The molecule has 0 aliphatic carbocycles. The van der Waals surface area contributed by atoms with Crippen molar-refractivity contribution in [1.29, 1.82) is 0 Å². The van der Waals surface area contributed by atoms with Crippen molar-refractivity contribution in [3.05, 3.63) is 34.8 Å². The van der Waals surface area contributed by atoms with Gasteiger partial charge >= 0.3 is 0 Å². The molecule has 19 heavy (non-hydrogen) atoms. The average Bonchev–Trinajstić information content (AvgIpc) is 2.78. The summed E-state index contributed by atoms with van der Waals surface area (Å²) >= 11 is 3.32. The van der Waals surface area contributed by atoms with Gasteiger partial charge in [0.15, 0.2) is 0 Å². The number of nitrogens with zero attached hydrogens (tertiary/aromatic N) is 5. The van der Waals surface area contributed by atoms with Crippen LogP contribution in [0.1, 0.15) is 11.6 Å². The summed E-state index contributed by atoms with van der Waals surface area (Å²) in [7, 11) is 6.01. The van der Waals surface area contributed by atoms with E-state index >= 15 is 0 Å². The molecule has 1 N–H and O–H groups in total. The van der Waals surface area contributed by atoms with Crippen LogP contribution in [0.2, 0.25) is 0 Å². The third-order valence-corrected chi connectivity index (χ3v) is 3.22. The van der Waals surface area contributed by atoms with Gasteiger partial charge in [0.25, 0.3) is 0 Å². The van der Waals surface area contributed by atoms with E-state index in [1.807, 2.05) is 38.2 Å². The first kappa shape index (κ1) is 14.0. The zero-order valence-corrected chi connectivity index (χ0v) is 12.8. The Morgan fingerprint density at radius 3 is 2.53 bits per heavy atom. The molecule has 0 amide bonds. The number of likely N-dealkylation sites (N-methyl/N-ethyl adjacent to an activating group) is 1. The second-order valence-electron chi connectivity index (χ2n) is 4.53. The molecule has 2 heterocycles. The van der Waals surface area contributed by atoms with Crippen molar-refractivity contribution in [2.24, 2.45) is 7.05 Å². The van der Waals surface area contributed by atoms with Gasteiger partial charge in [-0.05, 0) is 30.0 Å². The number of halogens is 1. The zero-order valence-electron chi connectivity index (χ0n) is 11.2. The van der Waals surface area contributed by atoms with E-state index < -0.39 is 0 Å². The van der Waals surface area contributed by atoms with Crippen molar-refractivity contribution in [3.63, 3.8) is 0 Å². The number of aromatic nitrogens is 4. The van der Waals surface area contributed by atoms with E-state index in [4.69, 9.17) is 0 Å². The Bertz CT molecular complexity index is 521. The molecule has 1 atom stereocenters. The summed E-state index contributed by atoms with van der Waals surface area (Å²) in [6.07, 6.45) is 7.36. The molecule has 0 aliphatic heterocycles. The van der Waals surface area contributed by atoms with E-state index in [1.165, 1.54) is 0 Å². The largest absolute Gasteiger partial charge is 0.352 e. The maximum atomic E-state index is 4.21. The van der Waals surface area contributed by atoms with Crippen LogP contribution in [-0.2, 0) is 7.05 Å². The van der Waals surface area contributed by atoms with Gasteiger partial charge in [0.05, 0.1) is 16.7 Å². The van der Waals surface area contributed by atoms with Crippen LogP contribution in [0.3, 0.4) is 0 Å². The summed E-state index contributed by atoms with van der Waals surface area (Å²) in [4.78, 5) is 10.5. The minimum atomic E-state index is 0.223. The molecule has 0 bridgehead atoms. The van der Waals surface area contributed by atoms with Gasteiger partial charge in [-0.2, -0.15) is 5.10 Å². The van der Waals surface area contributed by atoms with Crippen LogP contribution in [0, 0.1) is 0 Å². The molecule has 0 fully saturated rings. The quantitative estimate of drug-likeness (QED) is 0.906. The zero-order chi connectivity index (χ0) is 13.8. The van der Waals surface area contributed by atoms with Crippen LogP contribution in [-0.4, -0.2) is 45.3 Å². The Labute approximate surface area is 121 Å². The first-order valence-corrected chi connectivity index (χ1v) is 6.72. The van der Waals surface area contributed by atoms with Crippen LogP contribution < -0.4 is 5.32 Å². The summed E-state index contributed by atoms with van der Waals surface area (Å²) in [5.41, 5.74) is 1.16. The maximum Gasteiger partial charge on any atom is 0.222 e. The highest BCUT2D eigenvalue weighted by atomic mass is 79.9. The van der Waals surface area contributed by atoms with Crippen LogP contribution in [0.25, 0.3) is 0 Å². The number of rotatable bonds is 5. The molecule has 2 rings (SSSR count). The number of anilines is 1. The Morgan fingerprint density at radius 1 is 1.32 bits per heavy atom. The van der Waals surface area contributed by atoms with Gasteiger partial charge in [0, 0.05) is 37.7 Å². The predicted octanol–water partition coefficient (Wildman–Crippen LogP) is 1.69. The third kappa shape index (κ3) is 3.74.